The number of rotatable bonds is 9. The average molecular weight is 1470 g/mol. The molecule has 2 aromatic heterocycles. The van der Waals surface area contributed by atoms with Crippen LogP contribution >= 0.6 is 0 Å². The van der Waals surface area contributed by atoms with Crippen LogP contribution in [0.5, 0.6) is 0 Å². The monoisotopic (exact) mass is 1460 g/mol. The molecule has 0 fully saturated rings. The van der Waals surface area contributed by atoms with Crippen LogP contribution in [-0.2, 0) is 10.8 Å². The molecule has 0 amide bonds. The molecule has 0 bridgehead atoms. The van der Waals surface area contributed by atoms with Gasteiger partial charge in [0, 0.05) is 77.9 Å². The summed E-state index contributed by atoms with van der Waals surface area (Å²) in [7, 11) is 0. The van der Waals surface area contributed by atoms with Gasteiger partial charge in [-0.25, -0.2) is 0 Å². The van der Waals surface area contributed by atoms with Crippen molar-refractivity contribution in [1.29, 1.82) is 5.26 Å². The molecule has 0 unspecified atom stereocenters. The Labute approximate surface area is 684 Å². The van der Waals surface area contributed by atoms with E-state index in [1.165, 1.54) is 0 Å². The molecule has 532 valence electrons. The summed E-state index contributed by atoms with van der Waals surface area (Å²) in [5.74, 6) is 0. The van der Waals surface area contributed by atoms with E-state index in [4.69, 9.17) is 0 Å². The summed E-state index contributed by atoms with van der Waals surface area (Å²) < 4.78 is 148. The lowest BCUT2D eigenvalue weighted by Crippen LogP contribution is -2.61. The van der Waals surface area contributed by atoms with Gasteiger partial charge in [-0.3, -0.25) is 0 Å². The minimum atomic E-state index is -0.926. The fraction of sp³-hybridized carbons (Fsp3) is 0.0463. The highest BCUT2D eigenvalue weighted by atomic mass is 15.2. The fourth-order valence-corrected chi connectivity index (χ4v) is 19.3. The summed E-state index contributed by atoms with van der Waals surface area (Å²) in [6.07, 6.45) is 0. The molecule has 114 heavy (non-hydrogen) atoms. The summed E-state index contributed by atoms with van der Waals surface area (Å²) in [5, 5.41) is 10.5. The van der Waals surface area contributed by atoms with Crippen LogP contribution in [-0.4, -0.2) is 15.8 Å². The standard InChI is InChI=1S/C108H72BN5/c1-107(2,3)74-63-87(71-34-12-6-13-35-71)106(88(64-74)72-36-14-7-15-37-72)114-100-66-76(112-97-53-27-21-43-85(97)89-60-68(67-110)54-59-98(89)112)56-58-94(100)109-93-57-55-75(111-95-51-25-19-41-83(95)84-42-20-26-52-96(84)111)65-99(93)113(105-78(69-30-8-4-9-31-69)45-29-46-79(105)70-32-10-5-11-33-70)101-61-73(62-102(114)104(101)109)77-44-28-47-86-82-40-18-24-50-92(82)108(103(77)86)90-48-22-16-38-80(90)81-39-17-23-49-91(81)108/h4-66H,1-3H3/i19D,20D,21D,25D,26D,27D,41D,42D,43D,51D,52D,53D,54D,59D,60D. The Hall–Kier alpha value is -14.5. The number of hydrogen-bond acceptors (Lipinski definition) is 3. The van der Waals surface area contributed by atoms with Crippen LogP contribution in [0, 0.1) is 11.3 Å². The second-order valence-corrected chi connectivity index (χ2v) is 30.9. The molecule has 17 aromatic carbocycles. The molecule has 6 heteroatoms. The third kappa shape index (κ3) is 9.42. The normalized spacial score (nSPS) is 15.1. The van der Waals surface area contributed by atoms with Crippen molar-refractivity contribution in [1.82, 2.24) is 9.13 Å². The van der Waals surface area contributed by atoms with Crippen LogP contribution in [0.2, 0.25) is 0 Å². The van der Waals surface area contributed by atoms with Crippen molar-refractivity contribution < 1.29 is 20.6 Å². The highest BCUT2D eigenvalue weighted by molar-refractivity contribution is 7.00. The van der Waals surface area contributed by atoms with E-state index >= 15 is 0 Å². The van der Waals surface area contributed by atoms with Gasteiger partial charge in [0.25, 0.3) is 6.71 Å². The largest absolute Gasteiger partial charge is 0.310 e. The van der Waals surface area contributed by atoms with E-state index in [0.717, 1.165) is 123 Å². The van der Waals surface area contributed by atoms with Gasteiger partial charge >= 0.3 is 0 Å². The van der Waals surface area contributed by atoms with Gasteiger partial charge in [-0.2, -0.15) is 5.26 Å². The molecule has 0 N–H and O–H groups in total. The van der Waals surface area contributed by atoms with Crippen molar-refractivity contribution in [3.05, 3.63) is 415 Å². The molecular formula is C108H72BN5. The summed E-state index contributed by atoms with van der Waals surface area (Å²) >= 11 is 0. The highest BCUT2D eigenvalue weighted by Gasteiger charge is 2.54. The molecule has 0 saturated carbocycles. The van der Waals surface area contributed by atoms with Crippen LogP contribution in [0.15, 0.2) is 382 Å². The van der Waals surface area contributed by atoms with Crippen molar-refractivity contribution >= 4 is 101 Å². The number of anilines is 6. The first-order chi connectivity index (χ1) is 62.4. The molecule has 0 atom stereocenters. The van der Waals surface area contributed by atoms with Gasteiger partial charge in [0.05, 0.1) is 71.1 Å². The molecule has 0 saturated heterocycles. The van der Waals surface area contributed by atoms with Gasteiger partial charge in [-0.1, -0.05) is 318 Å². The third-order valence-corrected chi connectivity index (χ3v) is 24.0. The van der Waals surface area contributed by atoms with E-state index in [1.54, 1.807) is 9.13 Å². The summed E-state index contributed by atoms with van der Waals surface area (Å²) in [6.45, 7) is 5.78. The molecule has 4 aliphatic rings. The van der Waals surface area contributed by atoms with E-state index < -0.39 is 114 Å². The molecule has 2 aliphatic carbocycles. The molecule has 1 spiro atoms. The predicted molar refractivity (Wildman–Crippen MR) is 476 cm³/mol. The Kier molecular flexibility index (Phi) is 11.4. The average Bonchev–Trinajstić information content (AvgIpc) is 1.55. The number of benzene rings is 17. The van der Waals surface area contributed by atoms with E-state index in [2.05, 4.69) is 213 Å². The van der Waals surface area contributed by atoms with Crippen LogP contribution in [0.1, 0.15) is 74.7 Å². The lowest BCUT2D eigenvalue weighted by Gasteiger charge is -2.46. The van der Waals surface area contributed by atoms with Crippen LogP contribution in [0.3, 0.4) is 0 Å². The number of fused-ring (bicyclic) bond motifs is 20. The van der Waals surface area contributed by atoms with E-state index in [-0.39, 0.29) is 49.3 Å². The van der Waals surface area contributed by atoms with Crippen LogP contribution in [0.25, 0.3) is 133 Å². The second-order valence-electron chi connectivity index (χ2n) is 30.9. The zero-order valence-electron chi connectivity index (χ0n) is 77.0. The number of hydrogen-bond donors (Lipinski definition) is 0. The number of nitrogens with zero attached hydrogens (tertiary/aromatic N) is 5. The second kappa shape index (κ2) is 25.0. The first-order valence-electron chi connectivity index (χ1n) is 45.9. The fourth-order valence-electron chi connectivity index (χ4n) is 19.3. The minimum absolute atomic E-state index is 0.0651. The maximum atomic E-state index is 10.8. The lowest BCUT2D eigenvalue weighted by molar-refractivity contribution is 0.591. The topological polar surface area (TPSA) is 40.1 Å². The molecular weight excluding hydrogens is 1380 g/mol. The minimum Gasteiger partial charge on any atom is -0.310 e. The van der Waals surface area contributed by atoms with Gasteiger partial charge in [0.2, 0.25) is 0 Å². The number of aromatic nitrogens is 2. The van der Waals surface area contributed by atoms with Gasteiger partial charge in [-0.15, -0.1) is 0 Å². The first kappa shape index (κ1) is 51.8. The molecule has 23 rings (SSSR count). The van der Waals surface area contributed by atoms with Crippen molar-refractivity contribution in [3.8, 4) is 95.3 Å². The number of nitriles is 1. The van der Waals surface area contributed by atoms with Crippen molar-refractivity contribution in [2.45, 2.75) is 31.6 Å². The van der Waals surface area contributed by atoms with E-state index in [9.17, 15) is 25.8 Å². The van der Waals surface area contributed by atoms with Crippen LogP contribution in [0.4, 0.5) is 34.1 Å². The van der Waals surface area contributed by atoms with Crippen LogP contribution < -0.4 is 26.2 Å². The van der Waals surface area contributed by atoms with E-state index in [1.807, 2.05) is 115 Å². The van der Waals surface area contributed by atoms with Crippen molar-refractivity contribution in [2.75, 3.05) is 9.80 Å². The molecule has 2 aliphatic heterocycles. The zero-order valence-corrected chi connectivity index (χ0v) is 62.0. The highest BCUT2D eigenvalue weighted by Crippen LogP contribution is 2.65. The lowest BCUT2D eigenvalue weighted by atomic mass is 9.33. The predicted octanol–water partition coefficient (Wildman–Crippen LogP) is 25.8. The third-order valence-electron chi connectivity index (χ3n) is 24.0. The van der Waals surface area contributed by atoms with Gasteiger partial charge in [-0.05, 0) is 190 Å². The zero-order chi connectivity index (χ0) is 88.7. The molecule has 0 radical (unpaired) electrons. The summed E-state index contributed by atoms with van der Waals surface area (Å²) in [6, 6.07) is 95.4. The molecule has 4 heterocycles. The first-order valence-corrected chi connectivity index (χ1v) is 38.4. The van der Waals surface area contributed by atoms with Crippen molar-refractivity contribution in [3.63, 3.8) is 0 Å². The Morgan fingerprint density at radius 3 is 1.17 bits per heavy atom. The SMILES string of the molecule is [2H]c1c([2H])c([2H])c2c(c1[2H])c1c([2H])c([2H])c([2H])c([2H])c1n2-c1ccc2c(c1)N(c1c(-c3ccccc3)cccc1-c1ccccc1)c1cc(-c3cccc4c3C3(c5ccccc5-c5ccccc53)c3ccccc3-4)cc3c1B2c1ccc(-n2c4c([2H])c([2H])c([2H])c([2H])c4c4c([2H])c(C#N)c([2H])c([2H])c42)cc1N3c1c(-c2ccccc2)cc(C(C)(C)C)cc1-c1ccccc1. The van der Waals surface area contributed by atoms with Gasteiger partial charge < -0.3 is 18.9 Å². The Morgan fingerprint density at radius 2 is 0.711 bits per heavy atom. The summed E-state index contributed by atoms with van der Waals surface area (Å²) in [4.78, 5) is 4.71. The summed E-state index contributed by atoms with van der Waals surface area (Å²) in [5.41, 5.74) is 22.9. The Morgan fingerprint density at radius 1 is 0.333 bits per heavy atom. The maximum Gasteiger partial charge on any atom is 0.252 e. The Balaban J connectivity index is 0.957. The maximum absolute atomic E-state index is 10.8. The van der Waals surface area contributed by atoms with Crippen molar-refractivity contribution in [2.24, 2.45) is 0 Å². The molecule has 19 aromatic rings. The molecule has 5 nitrogen and oxygen atoms in total. The van der Waals surface area contributed by atoms with Gasteiger partial charge in [0.15, 0.2) is 0 Å². The van der Waals surface area contributed by atoms with Gasteiger partial charge in [0.1, 0.15) is 0 Å². The quantitative estimate of drug-likeness (QED) is 0.135. The smallest absolute Gasteiger partial charge is 0.252 e. The van der Waals surface area contributed by atoms with E-state index in [0.29, 0.717) is 39.4 Å². The Bertz CT molecular complexity index is 8010. The number of para-hydroxylation sites is 4.